The van der Waals surface area contributed by atoms with Crippen LogP contribution in [0.1, 0.15) is 51.7 Å². The Hall–Kier alpha value is -5.50. The fourth-order valence-electron chi connectivity index (χ4n) is 6.75. The standard InChI is InChI=1S/C44H64N12O6/c1-27(2)49-41-37(21-46)42(53-39(52-41)30-8-6-10-35(18-30)61-25-33(58)20-45)51-32(24-57)13-12-28(3)29(4)50-43-38(22-47)44(56-14-16-60-17-15-56)55-40(54-43)31-9-7-11-36(19-31)62-26-34(59)23-48-5/h6-11,18-19,21-22,27-29,32-34,46-48,57-59H,12-17,20,23-26,45H2,1-5H3,(H,50,54,55)(H2,49,51,52,53). The van der Waals surface area contributed by atoms with Gasteiger partial charge in [-0.05, 0) is 70.8 Å². The van der Waals surface area contributed by atoms with Crippen molar-refractivity contribution in [1.82, 2.24) is 25.3 Å². The van der Waals surface area contributed by atoms with Crippen LogP contribution < -0.4 is 41.4 Å². The number of rotatable bonds is 25. The molecule has 18 heteroatoms. The first-order valence-corrected chi connectivity index (χ1v) is 21.2. The molecule has 5 atom stereocenters. The third-order valence-corrected chi connectivity index (χ3v) is 10.4. The molecule has 0 bridgehead atoms. The first-order chi connectivity index (χ1) is 30.0. The number of nitrogens with zero attached hydrogens (tertiary/aromatic N) is 5. The van der Waals surface area contributed by atoms with Gasteiger partial charge in [-0.3, -0.25) is 0 Å². The molecule has 3 heterocycles. The molecule has 1 fully saturated rings. The van der Waals surface area contributed by atoms with E-state index in [1.807, 2.05) is 50.2 Å². The number of morpholine rings is 1. The molecule has 0 saturated carbocycles. The Morgan fingerprint density at radius 1 is 0.790 bits per heavy atom. The van der Waals surface area contributed by atoms with E-state index in [0.29, 0.717) is 109 Å². The molecule has 1 aliphatic rings. The molecule has 1 aliphatic heterocycles. The van der Waals surface area contributed by atoms with E-state index in [2.05, 4.69) is 40.0 Å². The normalized spacial score (nSPS) is 15.3. The van der Waals surface area contributed by atoms with Crippen LogP contribution in [0.4, 0.5) is 23.3 Å². The molecule has 62 heavy (non-hydrogen) atoms. The van der Waals surface area contributed by atoms with Crippen LogP contribution in [0.2, 0.25) is 0 Å². The molecule has 11 N–H and O–H groups in total. The molecule has 0 aliphatic carbocycles. The van der Waals surface area contributed by atoms with E-state index in [-0.39, 0.29) is 44.4 Å². The maximum atomic E-state index is 10.6. The third-order valence-electron chi connectivity index (χ3n) is 10.4. The summed E-state index contributed by atoms with van der Waals surface area (Å²) in [6.07, 6.45) is 2.30. The van der Waals surface area contributed by atoms with Crippen LogP contribution in [0, 0.1) is 16.7 Å². The maximum absolute atomic E-state index is 10.6. The van der Waals surface area contributed by atoms with Crippen LogP contribution in [0.5, 0.6) is 11.5 Å². The number of aliphatic hydroxyl groups excluding tert-OH is 3. The van der Waals surface area contributed by atoms with Gasteiger partial charge in [0.25, 0.3) is 0 Å². The third kappa shape index (κ3) is 13.3. The minimum absolute atomic E-state index is 0.0109. The number of benzene rings is 2. The Morgan fingerprint density at radius 2 is 1.35 bits per heavy atom. The van der Waals surface area contributed by atoms with Gasteiger partial charge in [-0.15, -0.1) is 0 Å². The second-order valence-electron chi connectivity index (χ2n) is 15.8. The molecular formula is C44H64N12O6. The summed E-state index contributed by atoms with van der Waals surface area (Å²) in [5.74, 6) is 4.07. The number of likely N-dealkylation sites (N-methyl/N-ethyl adjacent to an activating group) is 1. The van der Waals surface area contributed by atoms with Gasteiger partial charge in [0.05, 0.1) is 37.0 Å². The fourth-order valence-corrected chi connectivity index (χ4v) is 6.75. The Labute approximate surface area is 364 Å². The summed E-state index contributed by atoms with van der Waals surface area (Å²) in [5, 5.41) is 60.8. The first kappa shape index (κ1) is 47.5. The van der Waals surface area contributed by atoms with Crippen molar-refractivity contribution in [2.24, 2.45) is 11.7 Å². The van der Waals surface area contributed by atoms with E-state index in [4.69, 9.17) is 50.7 Å². The average molecular weight is 857 g/mol. The summed E-state index contributed by atoms with van der Waals surface area (Å²) in [4.78, 5) is 21.7. The number of hydrogen-bond donors (Lipinski definition) is 10. The van der Waals surface area contributed by atoms with Crippen molar-refractivity contribution in [3.8, 4) is 34.3 Å². The number of anilines is 4. The van der Waals surface area contributed by atoms with Gasteiger partial charge in [0.2, 0.25) is 0 Å². The Morgan fingerprint density at radius 3 is 1.90 bits per heavy atom. The zero-order chi connectivity index (χ0) is 44.6. The van der Waals surface area contributed by atoms with Gasteiger partial charge < -0.3 is 72.2 Å². The van der Waals surface area contributed by atoms with Crippen LogP contribution in [0.25, 0.3) is 22.8 Å². The number of nitrogens with two attached hydrogens (primary N) is 1. The highest BCUT2D eigenvalue weighted by Crippen LogP contribution is 2.32. The zero-order valence-corrected chi connectivity index (χ0v) is 36.4. The molecule has 0 spiro atoms. The monoisotopic (exact) mass is 857 g/mol. The minimum Gasteiger partial charge on any atom is -0.491 e. The lowest BCUT2D eigenvalue weighted by Gasteiger charge is -2.31. The summed E-state index contributed by atoms with van der Waals surface area (Å²) in [6.45, 7) is 11.0. The summed E-state index contributed by atoms with van der Waals surface area (Å²) in [6, 6.07) is 14.2. The Bertz CT molecular complexity index is 2050. The number of aliphatic hydroxyl groups is 3. The van der Waals surface area contributed by atoms with Crippen molar-refractivity contribution in [2.45, 2.75) is 70.9 Å². The van der Waals surface area contributed by atoms with Crippen molar-refractivity contribution in [1.29, 1.82) is 10.8 Å². The molecule has 4 aromatic rings. The highest BCUT2D eigenvalue weighted by molar-refractivity contribution is 5.93. The van der Waals surface area contributed by atoms with Crippen molar-refractivity contribution in [3.63, 3.8) is 0 Å². The average Bonchev–Trinajstić information content (AvgIpc) is 3.28. The van der Waals surface area contributed by atoms with Gasteiger partial charge in [-0.2, -0.15) is 0 Å². The lowest BCUT2D eigenvalue weighted by atomic mass is 9.95. The molecular weight excluding hydrogens is 793 g/mol. The molecule has 5 rings (SSSR count). The highest BCUT2D eigenvalue weighted by atomic mass is 16.5. The second-order valence-corrected chi connectivity index (χ2v) is 15.8. The quantitative estimate of drug-likeness (QED) is 0.0427. The molecule has 336 valence electrons. The Kier molecular flexibility index (Phi) is 18.1. The van der Waals surface area contributed by atoms with E-state index in [9.17, 15) is 15.3 Å². The van der Waals surface area contributed by atoms with Gasteiger partial charge >= 0.3 is 0 Å². The molecule has 0 radical (unpaired) electrons. The van der Waals surface area contributed by atoms with E-state index in [1.165, 1.54) is 12.4 Å². The largest absolute Gasteiger partial charge is 0.491 e. The summed E-state index contributed by atoms with van der Waals surface area (Å²) in [7, 11) is 1.77. The maximum Gasteiger partial charge on any atom is 0.164 e. The molecule has 5 unspecified atom stereocenters. The highest BCUT2D eigenvalue weighted by Gasteiger charge is 2.25. The second kappa shape index (κ2) is 23.6. The van der Waals surface area contributed by atoms with Crippen LogP contribution in [-0.2, 0) is 4.74 Å². The van der Waals surface area contributed by atoms with Crippen LogP contribution in [0.3, 0.4) is 0 Å². The minimum atomic E-state index is -0.797. The van der Waals surface area contributed by atoms with Gasteiger partial charge in [0, 0.05) is 61.8 Å². The number of ether oxygens (including phenoxy) is 3. The zero-order valence-electron chi connectivity index (χ0n) is 36.4. The molecule has 2 aromatic heterocycles. The van der Waals surface area contributed by atoms with Gasteiger partial charge in [-0.1, -0.05) is 31.2 Å². The van der Waals surface area contributed by atoms with Gasteiger partial charge in [0.15, 0.2) is 11.6 Å². The van der Waals surface area contributed by atoms with Crippen molar-refractivity contribution < 1.29 is 29.5 Å². The fraction of sp³-hybridized carbons (Fsp3) is 0.500. The SMILES string of the molecule is CNCC(O)COc1cccc(-c2nc(NC(C)C(C)CCC(CO)Nc3nc(-c4cccc(OCC(O)CN)c4)nc(NC(C)C)c3C=N)c(C=N)c(N3CCOCC3)n2)c1. The molecule has 18 nitrogen and oxygen atoms in total. The number of nitrogens with one attached hydrogen (secondary N) is 6. The van der Waals surface area contributed by atoms with Crippen molar-refractivity contribution >= 4 is 35.7 Å². The molecule has 1 saturated heterocycles. The summed E-state index contributed by atoms with van der Waals surface area (Å²) >= 11 is 0. The topological polar surface area (TPSA) is 265 Å². The molecule has 0 amide bonds. The lowest BCUT2D eigenvalue weighted by molar-refractivity contribution is 0.108. The van der Waals surface area contributed by atoms with E-state index < -0.39 is 18.2 Å². The molecule has 2 aromatic carbocycles. The van der Waals surface area contributed by atoms with E-state index >= 15 is 0 Å². The predicted molar refractivity (Wildman–Crippen MR) is 244 cm³/mol. The van der Waals surface area contributed by atoms with Crippen LogP contribution in [-0.4, -0.2) is 144 Å². The summed E-state index contributed by atoms with van der Waals surface area (Å²) < 4.78 is 17.3. The van der Waals surface area contributed by atoms with Gasteiger partial charge in [-0.25, -0.2) is 19.9 Å². The van der Waals surface area contributed by atoms with Crippen LogP contribution >= 0.6 is 0 Å². The number of aromatic nitrogens is 4. The van der Waals surface area contributed by atoms with E-state index in [0.717, 1.165) is 5.56 Å². The summed E-state index contributed by atoms with van der Waals surface area (Å²) in [5.41, 5.74) is 7.97. The van der Waals surface area contributed by atoms with Crippen molar-refractivity contribution in [2.75, 3.05) is 87.1 Å². The smallest absolute Gasteiger partial charge is 0.164 e. The number of hydrogen-bond acceptors (Lipinski definition) is 18. The Balaban J connectivity index is 1.36. The van der Waals surface area contributed by atoms with Crippen LogP contribution in [0.15, 0.2) is 48.5 Å². The predicted octanol–water partition coefficient (Wildman–Crippen LogP) is 3.60. The first-order valence-electron chi connectivity index (χ1n) is 21.2. The van der Waals surface area contributed by atoms with Crippen molar-refractivity contribution in [3.05, 3.63) is 59.7 Å². The van der Waals surface area contributed by atoms with Gasteiger partial charge in [0.1, 0.15) is 60.2 Å². The lowest BCUT2D eigenvalue weighted by Crippen LogP contribution is -2.38. The van der Waals surface area contributed by atoms with E-state index in [1.54, 1.807) is 19.2 Å².